The molecular formula is C11H16F2N2O. The van der Waals surface area contributed by atoms with Crippen LogP contribution in [0.5, 0.6) is 5.75 Å². The van der Waals surface area contributed by atoms with Crippen molar-refractivity contribution in [1.29, 1.82) is 0 Å². The van der Waals surface area contributed by atoms with E-state index >= 15 is 0 Å². The van der Waals surface area contributed by atoms with Crippen LogP contribution in [0.4, 0.5) is 14.5 Å². The van der Waals surface area contributed by atoms with Crippen molar-refractivity contribution in [2.24, 2.45) is 5.73 Å². The number of ether oxygens (including phenoxy) is 1. The van der Waals surface area contributed by atoms with Gasteiger partial charge in [-0.05, 0) is 24.3 Å². The number of hydrogen-bond donors (Lipinski definition) is 1. The summed E-state index contributed by atoms with van der Waals surface area (Å²) < 4.78 is 31.1. The van der Waals surface area contributed by atoms with Crippen molar-refractivity contribution >= 4 is 5.69 Å². The molecule has 1 aromatic rings. The van der Waals surface area contributed by atoms with E-state index in [1.165, 1.54) is 4.90 Å². The highest BCUT2D eigenvalue weighted by molar-refractivity contribution is 5.48. The van der Waals surface area contributed by atoms with E-state index < -0.39 is 19.0 Å². The van der Waals surface area contributed by atoms with Gasteiger partial charge < -0.3 is 15.4 Å². The van der Waals surface area contributed by atoms with E-state index in [4.69, 9.17) is 10.5 Å². The standard InChI is InChI=1S/C11H16F2N2O/c1-15(8-11(12,13)7-14)9-3-5-10(16-2)6-4-9/h3-6H,7-8,14H2,1-2H3. The third-order valence-electron chi connectivity index (χ3n) is 2.28. The molecule has 0 amide bonds. The first kappa shape index (κ1) is 12.7. The van der Waals surface area contributed by atoms with Gasteiger partial charge in [0.25, 0.3) is 5.92 Å². The Bertz CT molecular complexity index is 327. The third-order valence-corrected chi connectivity index (χ3v) is 2.28. The first-order valence-corrected chi connectivity index (χ1v) is 4.91. The lowest BCUT2D eigenvalue weighted by Crippen LogP contribution is -2.40. The Morgan fingerprint density at radius 3 is 2.31 bits per heavy atom. The summed E-state index contributed by atoms with van der Waals surface area (Å²) in [6.07, 6.45) is 0. The Balaban J connectivity index is 2.69. The van der Waals surface area contributed by atoms with Crippen molar-refractivity contribution in [2.75, 3.05) is 32.1 Å². The molecule has 0 aromatic heterocycles. The van der Waals surface area contributed by atoms with Crippen molar-refractivity contribution in [3.63, 3.8) is 0 Å². The van der Waals surface area contributed by atoms with Crippen LogP contribution in [0.2, 0.25) is 0 Å². The van der Waals surface area contributed by atoms with Crippen LogP contribution >= 0.6 is 0 Å². The summed E-state index contributed by atoms with van der Waals surface area (Å²) in [5.74, 6) is -2.17. The van der Waals surface area contributed by atoms with Gasteiger partial charge in [0.1, 0.15) is 5.75 Å². The zero-order valence-corrected chi connectivity index (χ0v) is 9.41. The van der Waals surface area contributed by atoms with E-state index in [0.717, 1.165) is 0 Å². The fourth-order valence-corrected chi connectivity index (χ4v) is 1.34. The molecule has 0 fully saturated rings. The predicted octanol–water partition coefficient (Wildman–Crippen LogP) is 1.73. The lowest BCUT2D eigenvalue weighted by atomic mass is 10.2. The van der Waals surface area contributed by atoms with Crippen LogP contribution in [0, 0.1) is 0 Å². The molecule has 0 heterocycles. The van der Waals surface area contributed by atoms with E-state index in [1.54, 1.807) is 38.4 Å². The Morgan fingerprint density at radius 2 is 1.88 bits per heavy atom. The minimum atomic E-state index is -2.87. The molecular weight excluding hydrogens is 214 g/mol. The van der Waals surface area contributed by atoms with Crippen molar-refractivity contribution in [1.82, 2.24) is 0 Å². The second-order valence-corrected chi connectivity index (χ2v) is 3.61. The lowest BCUT2D eigenvalue weighted by molar-refractivity contribution is 0.0199. The van der Waals surface area contributed by atoms with Crippen LogP contribution in [0.3, 0.4) is 0 Å². The third kappa shape index (κ3) is 3.34. The van der Waals surface area contributed by atoms with Gasteiger partial charge in [0.05, 0.1) is 20.2 Å². The minimum Gasteiger partial charge on any atom is -0.497 e. The van der Waals surface area contributed by atoms with E-state index in [2.05, 4.69) is 0 Å². The fraction of sp³-hybridized carbons (Fsp3) is 0.455. The molecule has 5 heteroatoms. The minimum absolute atomic E-state index is 0.393. The highest BCUT2D eigenvalue weighted by Gasteiger charge is 2.28. The number of benzene rings is 1. The highest BCUT2D eigenvalue weighted by Crippen LogP contribution is 2.21. The zero-order chi connectivity index (χ0) is 12.2. The lowest BCUT2D eigenvalue weighted by Gasteiger charge is -2.24. The van der Waals surface area contributed by atoms with Crippen LogP contribution in [0.25, 0.3) is 0 Å². The van der Waals surface area contributed by atoms with Gasteiger partial charge in [-0.1, -0.05) is 0 Å². The predicted molar refractivity (Wildman–Crippen MR) is 60.3 cm³/mol. The summed E-state index contributed by atoms with van der Waals surface area (Å²) in [5, 5.41) is 0. The van der Waals surface area contributed by atoms with Crippen molar-refractivity contribution in [2.45, 2.75) is 5.92 Å². The number of nitrogens with zero attached hydrogens (tertiary/aromatic N) is 1. The molecule has 0 bridgehead atoms. The average molecular weight is 230 g/mol. The van der Waals surface area contributed by atoms with Crippen LogP contribution in [0.15, 0.2) is 24.3 Å². The molecule has 0 aliphatic carbocycles. The van der Waals surface area contributed by atoms with Gasteiger partial charge in [-0.3, -0.25) is 0 Å². The molecule has 3 nitrogen and oxygen atoms in total. The molecule has 16 heavy (non-hydrogen) atoms. The van der Waals surface area contributed by atoms with Gasteiger partial charge in [0.2, 0.25) is 0 Å². The summed E-state index contributed by atoms with van der Waals surface area (Å²) in [5.41, 5.74) is 5.68. The summed E-state index contributed by atoms with van der Waals surface area (Å²) >= 11 is 0. The second kappa shape index (κ2) is 5.12. The van der Waals surface area contributed by atoms with Crippen molar-refractivity contribution < 1.29 is 13.5 Å². The number of rotatable bonds is 5. The number of alkyl halides is 2. The SMILES string of the molecule is COc1ccc(N(C)CC(F)(F)CN)cc1. The van der Waals surface area contributed by atoms with Gasteiger partial charge in [0.15, 0.2) is 0 Å². The Kier molecular flexibility index (Phi) is 4.06. The van der Waals surface area contributed by atoms with Gasteiger partial charge in [-0.2, -0.15) is 0 Å². The first-order valence-electron chi connectivity index (χ1n) is 4.91. The molecule has 0 unspecified atom stereocenters. The number of methoxy groups -OCH3 is 1. The van der Waals surface area contributed by atoms with Crippen LogP contribution in [0.1, 0.15) is 0 Å². The maximum absolute atomic E-state index is 13.0. The van der Waals surface area contributed by atoms with Gasteiger partial charge in [-0.15, -0.1) is 0 Å². The molecule has 2 N–H and O–H groups in total. The summed E-state index contributed by atoms with van der Waals surface area (Å²) in [6.45, 7) is -1.04. The van der Waals surface area contributed by atoms with Gasteiger partial charge >= 0.3 is 0 Å². The first-order chi connectivity index (χ1) is 7.48. The Hall–Kier alpha value is -1.36. The van der Waals surface area contributed by atoms with Gasteiger partial charge in [0, 0.05) is 12.7 Å². The molecule has 0 spiro atoms. The molecule has 0 saturated heterocycles. The van der Waals surface area contributed by atoms with Crippen molar-refractivity contribution in [3.05, 3.63) is 24.3 Å². The van der Waals surface area contributed by atoms with Crippen LogP contribution < -0.4 is 15.4 Å². The molecule has 1 aromatic carbocycles. The number of nitrogens with two attached hydrogens (primary N) is 1. The Morgan fingerprint density at radius 1 is 1.31 bits per heavy atom. The topological polar surface area (TPSA) is 38.5 Å². The number of halogens is 2. The van der Waals surface area contributed by atoms with E-state index in [0.29, 0.717) is 11.4 Å². The van der Waals surface area contributed by atoms with E-state index in [-0.39, 0.29) is 0 Å². The maximum Gasteiger partial charge on any atom is 0.277 e. The summed E-state index contributed by atoms with van der Waals surface area (Å²) in [7, 11) is 3.16. The molecule has 0 radical (unpaired) electrons. The second-order valence-electron chi connectivity index (χ2n) is 3.61. The number of hydrogen-bond acceptors (Lipinski definition) is 3. The van der Waals surface area contributed by atoms with Gasteiger partial charge in [-0.25, -0.2) is 8.78 Å². The monoisotopic (exact) mass is 230 g/mol. The highest BCUT2D eigenvalue weighted by atomic mass is 19.3. The molecule has 0 atom stereocenters. The van der Waals surface area contributed by atoms with Crippen LogP contribution in [-0.2, 0) is 0 Å². The quantitative estimate of drug-likeness (QED) is 0.837. The van der Waals surface area contributed by atoms with Crippen LogP contribution in [-0.4, -0.2) is 33.2 Å². The smallest absolute Gasteiger partial charge is 0.277 e. The molecule has 90 valence electrons. The number of anilines is 1. The normalized spacial score (nSPS) is 11.3. The molecule has 0 saturated carbocycles. The molecule has 0 aliphatic heterocycles. The zero-order valence-electron chi connectivity index (χ0n) is 9.41. The Labute approximate surface area is 93.8 Å². The average Bonchev–Trinajstić information content (AvgIpc) is 2.28. The summed E-state index contributed by atoms with van der Waals surface area (Å²) in [4.78, 5) is 1.46. The fourth-order valence-electron chi connectivity index (χ4n) is 1.34. The molecule has 0 aliphatic rings. The van der Waals surface area contributed by atoms with Crippen molar-refractivity contribution in [3.8, 4) is 5.75 Å². The maximum atomic E-state index is 13.0. The van der Waals surface area contributed by atoms with E-state index in [1.807, 2.05) is 0 Å². The largest absolute Gasteiger partial charge is 0.497 e. The molecule has 1 rings (SSSR count). The van der Waals surface area contributed by atoms with E-state index in [9.17, 15) is 8.78 Å². The summed E-state index contributed by atoms with van der Waals surface area (Å²) in [6, 6.07) is 6.91.